The highest BCUT2D eigenvalue weighted by molar-refractivity contribution is 5.89. The number of terminal acetylenes is 1. The van der Waals surface area contributed by atoms with Crippen LogP contribution >= 0.6 is 0 Å². The Balaban J connectivity index is 1.33. The summed E-state index contributed by atoms with van der Waals surface area (Å²) in [5.74, 6) is 2.45. The van der Waals surface area contributed by atoms with E-state index >= 15 is 0 Å². The average molecular weight is 478 g/mol. The Hall–Kier alpha value is -3.27. The number of fused-ring (bicyclic) bond motifs is 1. The number of carbonyl (C=O) groups excluding carboxylic acids is 3. The highest BCUT2D eigenvalue weighted by Crippen LogP contribution is 2.31. The van der Waals surface area contributed by atoms with Gasteiger partial charge in [0.1, 0.15) is 12.1 Å². The minimum Gasteiger partial charge on any atom is -0.444 e. The number of amides is 3. The number of rotatable bonds is 10. The van der Waals surface area contributed by atoms with Crippen molar-refractivity contribution in [2.75, 3.05) is 6.54 Å². The second-order valence-electron chi connectivity index (χ2n) is 9.79. The van der Waals surface area contributed by atoms with Gasteiger partial charge in [0.2, 0.25) is 11.8 Å². The zero-order valence-corrected chi connectivity index (χ0v) is 20.3. The normalized spacial score (nSPS) is 24.4. The lowest BCUT2D eigenvalue weighted by Crippen LogP contribution is -2.46. The van der Waals surface area contributed by atoms with E-state index in [0.29, 0.717) is 25.9 Å². The number of unbranched alkanes of at least 4 members (excludes halogenated alkanes) is 4. The topological polar surface area (TPSA) is 79.0 Å². The molecule has 2 fully saturated rings. The van der Waals surface area contributed by atoms with Gasteiger partial charge in [-0.05, 0) is 36.8 Å². The predicted molar refractivity (Wildman–Crippen MR) is 133 cm³/mol. The monoisotopic (exact) mass is 477 g/mol. The van der Waals surface area contributed by atoms with E-state index in [9.17, 15) is 14.4 Å². The maximum atomic E-state index is 13.1. The summed E-state index contributed by atoms with van der Waals surface area (Å²) >= 11 is 0. The summed E-state index contributed by atoms with van der Waals surface area (Å²) in [5.41, 5.74) is 2.23. The Bertz CT molecular complexity index is 975. The van der Waals surface area contributed by atoms with Crippen LogP contribution in [0, 0.1) is 18.3 Å². The minimum atomic E-state index is -0.643. The molecule has 1 N–H and O–H groups in total. The average Bonchev–Trinajstić information content (AvgIpc) is 3.26. The fourth-order valence-corrected chi connectivity index (χ4v) is 4.97. The van der Waals surface area contributed by atoms with Crippen molar-refractivity contribution in [2.24, 2.45) is 5.92 Å². The Morgan fingerprint density at radius 1 is 1.11 bits per heavy atom. The van der Waals surface area contributed by atoms with Crippen LogP contribution in [-0.2, 0) is 27.4 Å². The third-order valence-corrected chi connectivity index (χ3v) is 7.13. The van der Waals surface area contributed by atoms with E-state index in [-0.39, 0.29) is 30.3 Å². The lowest BCUT2D eigenvalue weighted by atomic mass is 10.1. The molecule has 1 aromatic rings. The zero-order valence-electron chi connectivity index (χ0n) is 20.3. The minimum absolute atomic E-state index is 0.0287. The molecule has 0 spiro atoms. The number of nitrogens with one attached hydrogen (secondary N) is 1. The number of carbonyl (C=O) groups is 3. The number of benzene rings is 1. The molecule has 2 heterocycles. The van der Waals surface area contributed by atoms with E-state index in [1.54, 1.807) is 9.80 Å². The van der Waals surface area contributed by atoms with E-state index in [2.05, 4.69) is 17.8 Å². The van der Waals surface area contributed by atoms with Gasteiger partial charge < -0.3 is 15.0 Å². The first-order valence-corrected chi connectivity index (χ1v) is 12.7. The van der Waals surface area contributed by atoms with E-state index in [0.717, 1.165) is 49.7 Å². The van der Waals surface area contributed by atoms with Gasteiger partial charge in [-0.15, -0.1) is 18.9 Å². The fraction of sp³-hybridized carbons (Fsp3) is 0.536. The Kier molecular flexibility index (Phi) is 8.12. The SMILES string of the molecule is C#C[C@@H]1C[C@H]1NC(=O)[C@@H]1CC(OC(=O)N2Cc3ccccc3C2)CN1C(=O)CCCCCCC=C. The predicted octanol–water partition coefficient (Wildman–Crippen LogP) is 3.77. The van der Waals surface area contributed by atoms with Gasteiger partial charge in [-0.3, -0.25) is 14.5 Å². The second kappa shape index (κ2) is 11.4. The molecule has 4 atom stereocenters. The summed E-state index contributed by atoms with van der Waals surface area (Å²) in [4.78, 5) is 42.2. The summed E-state index contributed by atoms with van der Waals surface area (Å²) in [7, 11) is 0. The molecule has 3 aliphatic rings. The molecule has 7 nitrogen and oxygen atoms in total. The van der Waals surface area contributed by atoms with Gasteiger partial charge in [0.25, 0.3) is 0 Å². The van der Waals surface area contributed by atoms with Crippen molar-refractivity contribution in [2.45, 2.75) is 82.6 Å². The largest absolute Gasteiger partial charge is 0.444 e. The quantitative estimate of drug-likeness (QED) is 0.316. The summed E-state index contributed by atoms with van der Waals surface area (Å²) in [6, 6.07) is 7.27. The van der Waals surface area contributed by atoms with Crippen molar-refractivity contribution in [3.63, 3.8) is 0 Å². The van der Waals surface area contributed by atoms with Crippen molar-refractivity contribution < 1.29 is 19.1 Å². The molecule has 1 aliphatic carbocycles. The van der Waals surface area contributed by atoms with Crippen LogP contribution in [0.1, 0.15) is 62.5 Å². The van der Waals surface area contributed by atoms with Crippen LogP contribution in [0.15, 0.2) is 36.9 Å². The zero-order chi connectivity index (χ0) is 24.8. The molecule has 0 radical (unpaired) electrons. The van der Waals surface area contributed by atoms with Gasteiger partial charge in [0, 0.05) is 37.9 Å². The molecule has 1 unspecified atom stereocenters. The number of ether oxygens (including phenoxy) is 1. The Morgan fingerprint density at radius 3 is 2.49 bits per heavy atom. The number of likely N-dealkylation sites (tertiary alicyclic amines) is 1. The highest BCUT2D eigenvalue weighted by Gasteiger charge is 2.45. The summed E-state index contributed by atoms with van der Waals surface area (Å²) in [5, 5.41) is 2.98. The van der Waals surface area contributed by atoms with Gasteiger partial charge >= 0.3 is 6.09 Å². The van der Waals surface area contributed by atoms with Crippen LogP contribution in [0.4, 0.5) is 4.79 Å². The molecular weight excluding hydrogens is 442 g/mol. The van der Waals surface area contributed by atoms with Gasteiger partial charge in [-0.2, -0.15) is 0 Å². The van der Waals surface area contributed by atoms with Gasteiger partial charge in [-0.25, -0.2) is 4.79 Å². The van der Waals surface area contributed by atoms with Crippen LogP contribution in [-0.4, -0.2) is 52.4 Å². The third kappa shape index (κ3) is 6.25. The maximum Gasteiger partial charge on any atom is 0.410 e. The van der Waals surface area contributed by atoms with Crippen molar-refractivity contribution in [1.29, 1.82) is 0 Å². The third-order valence-electron chi connectivity index (χ3n) is 7.13. The van der Waals surface area contributed by atoms with Gasteiger partial charge in [0.15, 0.2) is 0 Å². The molecule has 1 saturated carbocycles. The van der Waals surface area contributed by atoms with Crippen molar-refractivity contribution in [3.8, 4) is 12.3 Å². The number of nitrogens with zero attached hydrogens (tertiary/aromatic N) is 2. The van der Waals surface area contributed by atoms with E-state index < -0.39 is 18.2 Å². The van der Waals surface area contributed by atoms with Crippen molar-refractivity contribution >= 4 is 17.9 Å². The molecule has 1 saturated heterocycles. The van der Waals surface area contributed by atoms with Crippen molar-refractivity contribution in [1.82, 2.24) is 15.1 Å². The van der Waals surface area contributed by atoms with Crippen LogP contribution in [0.3, 0.4) is 0 Å². The fourth-order valence-electron chi connectivity index (χ4n) is 4.97. The lowest BCUT2D eigenvalue weighted by molar-refractivity contribution is -0.138. The summed E-state index contributed by atoms with van der Waals surface area (Å²) in [6.07, 6.45) is 12.8. The van der Waals surface area contributed by atoms with Gasteiger partial charge in [0.05, 0.1) is 6.54 Å². The molecule has 4 rings (SSSR count). The van der Waals surface area contributed by atoms with Crippen LogP contribution < -0.4 is 5.32 Å². The molecule has 0 bridgehead atoms. The van der Waals surface area contributed by atoms with Crippen LogP contribution in [0.2, 0.25) is 0 Å². The Morgan fingerprint density at radius 2 is 1.83 bits per heavy atom. The standard InChI is InChI=1S/C28H35N3O4/c1-3-5-6-7-8-9-14-26(32)31-19-23(16-25(31)27(33)29-24-15-20(24)4-2)35-28(34)30-17-21-12-10-11-13-22(21)18-30/h2-3,10-13,20,23-25H,1,5-9,14-19H2,(H,29,33)/t20-,23?,24-,25+/m1/s1. The summed E-state index contributed by atoms with van der Waals surface area (Å²) < 4.78 is 5.79. The van der Waals surface area contributed by atoms with Gasteiger partial charge in [-0.1, -0.05) is 43.2 Å². The number of allylic oxidation sites excluding steroid dienone is 1. The first-order chi connectivity index (χ1) is 17.0. The second-order valence-corrected chi connectivity index (χ2v) is 9.79. The molecule has 7 heteroatoms. The first-order valence-electron chi connectivity index (χ1n) is 12.7. The number of hydrogen-bond donors (Lipinski definition) is 1. The van der Waals surface area contributed by atoms with E-state index in [4.69, 9.17) is 11.2 Å². The maximum absolute atomic E-state index is 13.1. The van der Waals surface area contributed by atoms with E-state index in [1.807, 2.05) is 30.3 Å². The van der Waals surface area contributed by atoms with Crippen LogP contribution in [0.25, 0.3) is 0 Å². The molecule has 35 heavy (non-hydrogen) atoms. The molecule has 1 aromatic carbocycles. The van der Waals surface area contributed by atoms with Crippen LogP contribution in [0.5, 0.6) is 0 Å². The Labute approximate surface area is 207 Å². The van der Waals surface area contributed by atoms with Crippen molar-refractivity contribution in [3.05, 3.63) is 48.0 Å². The highest BCUT2D eigenvalue weighted by atomic mass is 16.6. The molecule has 2 aliphatic heterocycles. The smallest absolute Gasteiger partial charge is 0.410 e. The molecule has 0 aromatic heterocycles. The number of hydrogen-bond acceptors (Lipinski definition) is 4. The first kappa shape index (κ1) is 24.8. The molecule has 186 valence electrons. The summed E-state index contributed by atoms with van der Waals surface area (Å²) in [6.45, 7) is 4.99. The molecule has 3 amide bonds. The lowest BCUT2D eigenvalue weighted by Gasteiger charge is -2.23. The molecular formula is C28H35N3O4. The van der Waals surface area contributed by atoms with E-state index in [1.165, 1.54) is 0 Å².